The maximum absolute atomic E-state index is 13.3. The summed E-state index contributed by atoms with van der Waals surface area (Å²) in [6.07, 6.45) is -3.26. The molecule has 3 aromatic carbocycles. The average Bonchev–Trinajstić information content (AvgIpc) is 3.44. The van der Waals surface area contributed by atoms with Crippen LogP contribution < -0.4 is 21.3 Å². The number of benzene rings is 3. The largest absolute Gasteiger partial charge is 0.490 e. The van der Waals surface area contributed by atoms with E-state index in [9.17, 15) is 22.8 Å². The second kappa shape index (κ2) is 13.1. The van der Waals surface area contributed by atoms with E-state index in [-0.39, 0.29) is 23.9 Å². The van der Waals surface area contributed by atoms with Gasteiger partial charge in [-0.3, -0.25) is 9.59 Å². The van der Waals surface area contributed by atoms with Gasteiger partial charge in [0.2, 0.25) is 5.91 Å². The highest BCUT2D eigenvalue weighted by atomic mass is 19.4. The third-order valence-corrected chi connectivity index (χ3v) is 6.16. The smallest absolute Gasteiger partial charge is 0.475 e. The maximum atomic E-state index is 13.3. The number of halogens is 3. The van der Waals surface area contributed by atoms with Gasteiger partial charge in [0.05, 0.1) is 17.6 Å². The molecule has 208 valence electrons. The highest BCUT2D eigenvalue weighted by Gasteiger charge is 2.38. The van der Waals surface area contributed by atoms with Crippen LogP contribution >= 0.6 is 0 Å². The van der Waals surface area contributed by atoms with E-state index in [1.165, 1.54) is 0 Å². The molecule has 1 heterocycles. The van der Waals surface area contributed by atoms with Crippen LogP contribution in [0.25, 0.3) is 10.8 Å². The van der Waals surface area contributed by atoms with Crippen LogP contribution in [-0.4, -0.2) is 48.2 Å². The molecule has 0 saturated carbocycles. The monoisotopic (exact) mass is 544 g/mol. The number of carboxylic acid groups (broad SMARTS) is 1. The zero-order valence-corrected chi connectivity index (χ0v) is 21.6. The molecule has 1 aliphatic rings. The van der Waals surface area contributed by atoms with E-state index in [0.717, 1.165) is 41.4 Å². The van der Waals surface area contributed by atoms with Gasteiger partial charge in [0.15, 0.2) is 0 Å². The van der Waals surface area contributed by atoms with Crippen molar-refractivity contribution in [2.75, 3.05) is 23.7 Å². The van der Waals surface area contributed by atoms with Crippen molar-refractivity contribution >= 4 is 39.9 Å². The summed E-state index contributed by atoms with van der Waals surface area (Å²) in [4.78, 5) is 34.7. The molecule has 39 heavy (non-hydrogen) atoms. The Morgan fingerprint density at radius 2 is 1.77 bits per heavy atom. The number of nitrogens with one attached hydrogen (secondary N) is 4. The number of fused-ring (bicyclic) bond motifs is 1. The first-order valence-electron chi connectivity index (χ1n) is 12.5. The van der Waals surface area contributed by atoms with Gasteiger partial charge in [-0.15, -0.1) is 0 Å². The Hall–Kier alpha value is -4.12. The number of alkyl halides is 3. The molecule has 0 spiro atoms. The zero-order valence-electron chi connectivity index (χ0n) is 21.6. The molecule has 2 atom stereocenters. The predicted molar refractivity (Wildman–Crippen MR) is 144 cm³/mol. The number of anilines is 2. The van der Waals surface area contributed by atoms with Crippen LogP contribution in [0.2, 0.25) is 0 Å². The van der Waals surface area contributed by atoms with Crippen molar-refractivity contribution in [3.63, 3.8) is 0 Å². The lowest BCUT2D eigenvalue weighted by Gasteiger charge is -2.19. The van der Waals surface area contributed by atoms with Gasteiger partial charge in [-0.25, -0.2) is 4.79 Å². The molecule has 11 heteroatoms. The number of carbonyl (C=O) groups excluding carboxylic acids is 2. The fourth-order valence-corrected chi connectivity index (χ4v) is 4.27. The zero-order chi connectivity index (χ0) is 28.6. The standard InChI is InChI=1S/C26H30N4O2.C2HF3O2/c1-3-27-23-14-13-19(30-26(32)24-12-7-15-28-24)16-22(23)25(31)29-17(2)20-11-6-9-18-8-4-5-10-21(18)20;3-2(4,5)1(6)7/h4-6,8-11,13-14,16-17,24,27-28H,3,7,12,15H2,1-2H3,(H,29,31)(H,30,32);(H,6,7)/t17-,24-;/m1./s1. The van der Waals surface area contributed by atoms with Crippen LogP contribution in [0, 0.1) is 0 Å². The quantitative estimate of drug-likeness (QED) is 0.283. The number of amides is 2. The number of aliphatic carboxylic acids is 1. The minimum Gasteiger partial charge on any atom is -0.475 e. The van der Waals surface area contributed by atoms with Crippen LogP contribution in [-0.2, 0) is 9.59 Å². The van der Waals surface area contributed by atoms with E-state index in [2.05, 4.69) is 39.5 Å². The van der Waals surface area contributed by atoms with E-state index in [1.54, 1.807) is 6.07 Å². The first-order valence-corrected chi connectivity index (χ1v) is 12.5. The summed E-state index contributed by atoms with van der Waals surface area (Å²) in [5.74, 6) is -3.00. The highest BCUT2D eigenvalue weighted by molar-refractivity contribution is 6.03. The van der Waals surface area contributed by atoms with Crippen LogP contribution in [0.1, 0.15) is 48.7 Å². The molecule has 1 fully saturated rings. The van der Waals surface area contributed by atoms with Crippen molar-refractivity contribution in [1.29, 1.82) is 0 Å². The SMILES string of the molecule is CCNc1ccc(NC(=O)[C@H]2CCCN2)cc1C(=O)N[C@H](C)c1cccc2ccccc12.O=C(O)C(F)(F)F. The van der Waals surface area contributed by atoms with E-state index < -0.39 is 12.1 Å². The molecule has 1 saturated heterocycles. The molecular formula is C28H31F3N4O4. The van der Waals surface area contributed by atoms with Gasteiger partial charge in [-0.2, -0.15) is 13.2 Å². The van der Waals surface area contributed by atoms with Crippen molar-refractivity contribution in [3.05, 3.63) is 71.8 Å². The summed E-state index contributed by atoms with van der Waals surface area (Å²) in [6.45, 7) is 5.53. The Bertz CT molecular complexity index is 1320. The number of hydrogen-bond acceptors (Lipinski definition) is 5. The van der Waals surface area contributed by atoms with Crippen molar-refractivity contribution in [2.24, 2.45) is 0 Å². The number of carboxylic acids is 1. The Morgan fingerprint density at radius 1 is 1.08 bits per heavy atom. The molecule has 0 aliphatic carbocycles. The molecule has 3 aromatic rings. The molecule has 2 amide bonds. The van der Waals surface area contributed by atoms with Gasteiger partial charge >= 0.3 is 12.1 Å². The highest BCUT2D eigenvalue weighted by Crippen LogP contribution is 2.26. The van der Waals surface area contributed by atoms with Crippen LogP contribution in [0.3, 0.4) is 0 Å². The molecule has 8 nitrogen and oxygen atoms in total. The predicted octanol–water partition coefficient (Wildman–Crippen LogP) is 5.09. The summed E-state index contributed by atoms with van der Waals surface area (Å²) >= 11 is 0. The van der Waals surface area contributed by atoms with Crippen molar-refractivity contribution < 1.29 is 32.7 Å². The Labute approximate surface area is 224 Å². The summed E-state index contributed by atoms with van der Waals surface area (Å²) in [5.41, 5.74) is 2.94. The van der Waals surface area contributed by atoms with E-state index in [0.29, 0.717) is 17.8 Å². The van der Waals surface area contributed by atoms with Crippen LogP contribution in [0.4, 0.5) is 24.5 Å². The van der Waals surface area contributed by atoms with Gasteiger partial charge in [0.1, 0.15) is 0 Å². The van der Waals surface area contributed by atoms with Gasteiger partial charge in [-0.05, 0) is 67.8 Å². The van der Waals surface area contributed by atoms with Crippen LogP contribution in [0.5, 0.6) is 0 Å². The van der Waals surface area contributed by atoms with Gasteiger partial charge in [0, 0.05) is 17.9 Å². The van der Waals surface area contributed by atoms with Gasteiger partial charge in [0.25, 0.3) is 5.91 Å². The fourth-order valence-electron chi connectivity index (χ4n) is 4.27. The first-order chi connectivity index (χ1) is 18.5. The summed E-state index contributed by atoms with van der Waals surface area (Å²) in [7, 11) is 0. The normalized spacial score (nSPS) is 15.6. The van der Waals surface area contributed by atoms with Crippen molar-refractivity contribution in [1.82, 2.24) is 10.6 Å². The topological polar surface area (TPSA) is 120 Å². The van der Waals surface area contributed by atoms with E-state index in [4.69, 9.17) is 9.90 Å². The average molecular weight is 545 g/mol. The maximum Gasteiger partial charge on any atom is 0.490 e. The van der Waals surface area contributed by atoms with E-state index in [1.807, 2.05) is 50.2 Å². The fraction of sp³-hybridized carbons (Fsp3) is 0.321. The number of hydrogen-bond donors (Lipinski definition) is 5. The minimum absolute atomic E-state index is 0.0609. The van der Waals surface area contributed by atoms with Gasteiger partial charge in [-0.1, -0.05) is 42.5 Å². The van der Waals surface area contributed by atoms with E-state index >= 15 is 0 Å². The molecule has 0 unspecified atom stereocenters. The molecule has 5 N–H and O–H groups in total. The van der Waals surface area contributed by atoms with Crippen molar-refractivity contribution in [2.45, 2.75) is 44.9 Å². The first kappa shape index (κ1) is 29.4. The van der Waals surface area contributed by atoms with Crippen LogP contribution in [0.15, 0.2) is 60.7 Å². The number of carbonyl (C=O) groups is 3. The minimum atomic E-state index is -5.08. The van der Waals surface area contributed by atoms with Crippen molar-refractivity contribution in [3.8, 4) is 0 Å². The Kier molecular flexibility index (Phi) is 9.89. The number of rotatable bonds is 7. The summed E-state index contributed by atoms with van der Waals surface area (Å²) in [5, 5.41) is 21.9. The molecule has 0 aromatic heterocycles. The lowest BCUT2D eigenvalue weighted by atomic mass is 9.99. The molecule has 0 bridgehead atoms. The molecular weight excluding hydrogens is 513 g/mol. The lowest BCUT2D eigenvalue weighted by Crippen LogP contribution is -2.35. The Balaban J connectivity index is 0.000000532. The molecule has 1 aliphatic heterocycles. The van der Waals surface area contributed by atoms with Gasteiger partial charge < -0.3 is 26.4 Å². The second-order valence-corrected chi connectivity index (χ2v) is 9.00. The second-order valence-electron chi connectivity index (χ2n) is 9.00. The third kappa shape index (κ3) is 7.93. The molecule has 0 radical (unpaired) electrons. The summed E-state index contributed by atoms with van der Waals surface area (Å²) in [6, 6.07) is 19.4. The Morgan fingerprint density at radius 3 is 2.41 bits per heavy atom. The lowest BCUT2D eigenvalue weighted by molar-refractivity contribution is -0.192. The molecule has 4 rings (SSSR count). The third-order valence-electron chi connectivity index (χ3n) is 6.16. The summed E-state index contributed by atoms with van der Waals surface area (Å²) < 4.78 is 31.7.